The number of rotatable bonds is 6. The van der Waals surface area contributed by atoms with E-state index in [9.17, 15) is 14.0 Å². The first-order valence-corrected chi connectivity index (χ1v) is 14.7. The van der Waals surface area contributed by atoms with Crippen LogP contribution < -0.4 is 10.6 Å². The number of nitrogens with one attached hydrogen (secondary N) is 2. The van der Waals surface area contributed by atoms with Crippen LogP contribution in [0.2, 0.25) is 5.28 Å². The number of nitriles is 1. The van der Waals surface area contributed by atoms with Crippen molar-refractivity contribution < 1.29 is 8.78 Å². The van der Waals surface area contributed by atoms with Crippen LogP contribution in [0.3, 0.4) is 0 Å². The summed E-state index contributed by atoms with van der Waals surface area (Å²) in [4.78, 5) is 16.7. The highest BCUT2D eigenvalue weighted by atomic mass is 127. The number of nitrogens with zero attached hydrogens (tertiary/aromatic N) is 6. The molecular weight excluding hydrogens is 621 g/mol. The van der Waals surface area contributed by atoms with Gasteiger partial charge in [0.15, 0.2) is 17.5 Å². The molecule has 1 saturated carbocycles. The van der Waals surface area contributed by atoms with E-state index in [-0.39, 0.29) is 34.6 Å². The monoisotopic (exact) mass is 638 g/mol. The summed E-state index contributed by atoms with van der Waals surface area (Å²) < 4.78 is 31.1. The maximum atomic E-state index is 14.8. The highest BCUT2D eigenvalue weighted by Crippen LogP contribution is 2.36. The second-order valence-electron chi connectivity index (χ2n) is 8.35. The van der Waals surface area contributed by atoms with Gasteiger partial charge < -0.3 is 10.6 Å². The van der Waals surface area contributed by atoms with Gasteiger partial charge in [0.05, 0.1) is 23.3 Å². The third-order valence-corrected chi connectivity index (χ3v) is 7.89. The van der Waals surface area contributed by atoms with Gasteiger partial charge in [-0.25, -0.2) is 28.7 Å². The number of fused-ring (bicyclic) bond motifs is 1. The minimum Gasteiger partial charge on any atom is -0.367 e. The topological polar surface area (TPSA) is 104 Å². The molecule has 0 amide bonds. The average molecular weight is 639 g/mol. The zero-order valence-electron chi connectivity index (χ0n) is 18.6. The Morgan fingerprint density at radius 2 is 1.94 bits per heavy atom. The largest absolute Gasteiger partial charge is 0.367 e. The second kappa shape index (κ2) is 10.7. The molecule has 3 heterocycles. The fraction of sp³-hybridized carbons (Fsp3) is 0.261. The van der Waals surface area contributed by atoms with Crippen molar-refractivity contribution in [2.24, 2.45) is 0 Å². The number of benzene rings is 1. The standard InChI is InChI=1S/C23H18ClF2IN8S/c24-23-29-5-4-19(33-23)31-13-2-1-3-14(8-13)32-22-18(26)10-30-21(34-22)16-11-35(36-27)20-15(16)6-12(9-28)7-17(20)25/h4-7,10-11,13-14H,1-3,8H2,(H,29,31,33)(H,30,32,34)/t13-,14+/m0/s1. The summed E-state index contributed by atoms with van der Waals surface area (Å²) >= 11 is 7.93. The summed E-state index contributed by atoms with van der Waals surface area (Å²) in [6.07, 6.45) is 7.84. The van der Waals surface area contributed by atoms with Crippen LogP contribution >= 0.6 is 41.9 Å². The zero-order valence-corrected chi connectivity index (χ0v) is 22.3. The number of hydrogen-bond acceptors (Lipinski definition) is 8. The fourth-order valence-corrected chi connectivity index (χ4v) is 5.92. The molecule has 184 valence electrons. The average Bonchev–Trinajstić information content (AvgIpc) is 3.25. The Morgan fingerprint density at radius 3 is 2.69 bits per heavy atom. The summed E-state index contributed by atoms with van der Waals surface area (Å²) in [5.74, 6) is -0.137. The Bertz CT molecular complexity index is 1480. The molecule has 5 rings (SSSR count). The van der Waals surface area contributed by atoms with E-state index in [2.05, 4.69) is 30.6 Å². The second-order valence-corrected chi connectivity index (χ2v) is 10.4. The van der Waals surface area contributed by atoms with Crippen molar-refractivity contribution in [3.05, 3.63) is 59.3 Å². The number of halogens is 4. The van der Waals surface area contributed by atoms with Gasteiger partial charge >= 0.3 is 0 Å². The van der Waals surface area contributed by atoms with E-state index < -0.39 is 11.6 Å². The van der Waals surface area contributed by atoms with Gasteiger partial charge in [-0.3, -0.25) is 3.97 Å². The molecule has 2 N–H and O–H groups in total. The van der Waals surface area contributed by atoms with Crippen LogP contribution in [0.4, 0.5) is 20.4 Å². The van der Waals surface area contributed by atoms with Crippen LogP contribution in [0.25, 0.3) is 22.3 Å². The van der Waals surface area contributed by atoms with Gasteiger partial charge in [0.2, 0.25) is 5.28 Å². The van der Waals surface area contributed by atoms with E-state index in [1.54, 1.807) is 28.5 Å². The van der Waals surface area contributed by atoms with Gasteiger partial charge in [0.1, 0.15) is 11.6 Å². The first kappa shape index (κ1) is 24.9. The minimum absolute atomic E-state index is 0.0281. The molecule has 36 heavy (non-hydrogen) atoms. The van der Waals surface area contributed by atoms with Gasteiger partial charge in [-0.2, -0.15) is 5.26 Å². The predicted octanol–water partition coefficient (Wildman–Crippen LogP) is 6.37. The quantitative estimate of drug-likeness (QED) is 0.185. The van der Waals surface area contributed by atoms with E-state index in [1.807, 2.05) is 27.3 Å². The minimum atomic E-state index is -0.577. The SMILES string of the molecule is N#Cc1cc(F)c2c(c1)c(-c1ncc(F)c(N[C@@H]3CCC[C@H](Nc4ccnc(Cl)n4)C3)n1)cn2SI. The Kier molecular flexibility index (Phi) is 7.40. The number of hydrogen-bond donors (Lipinski definition) is 2. The molecule has 4 aromatic rings. The molecule has 13 heteroatoms. The van der Waals surface area contributed by atoms with Crippen molar-refractivity contribution in [3.8, 4) is 17.5 Å². The van der Waals surface area contributed by atoms with Crippen LogP contribution in [0.1, 0.15) is 31.2 Å². The fourth-order valence-electron chi connectivity index (χ4n) is 4.44. The Balaban J connectivity index is 1.41. The summed E-state index contributed by atoms with van der Waals surface area (Å²) in [5, 5.41) is 16.5. The third-order valence-electron chi connectivity index (χ3n) is 6.00. The molecule has 1 aromatic carbocycles. The third kappa shape index (κ3) is 5.18. The van der Waals surface area contributed by atoms with Gasteiger partial charge in [-0.1, -0.05) is 0 Å². The molecule has 8 nitrogen and oxygen atoms in total. The molecule has 3 aromatic heterocycles. The van der Waals surface area contributed by atoms with Gasteiger partial charge in [0.25, 0.3) is 0 Å². The van der Waals surface area contributed by atoms with E-state index in [0.717, 1.165) is 31.9 Å². The molecule has 1 fully saturated rings. The maximum absolute atomic E-state index is 14.8. The van der Waals surface area contributed by atoms with Crippen molar-refractivity contribution in [1.29, 1.82) is 5.26 Å². The maximum Gasteiger partial charge on any atom is 0.224 e. The molecular formula is C23H18ClF2IN8S. The zero-order chi connectivity index (χ0) is 25.2. The lowest BCUT2D eigenvalue weighted by atomic mass is 9.91. The van der Waals surface area contributed by atoms with Crippen LogP contribution in [0, 0.1) is 23.0 Å². The molecule has 0 spiro atoms. The highest BCUT2D eigenvalue weighted by molar-refractivity contribution is 14.2. The molecule has 1 aliphatic rings. The van der Waals surface area contributed by atoms with Crippen molar-refractivity contribution >= 4 is 64.5 Å². The lowest BCUT2D eigenvalue weighted by molar-refractivity contribution is 0.424. The van der Waals surface area contributed by atoms with Gasteiger partial charge in [-0.05, 0) is 55.5 Å². The first-order valence-electron chi connectivity index (χ1n) is 11.0. The lowest BCUT2D eigenvalue weighted by Crippen LogP contribution is -2.35. The van der Waals surface area contributed by atoms with Crippen molar-refractivity contribution in [2.75, 3.05) is 10.6 Å². The summed E-state index contributed by atoms with van der Waals surface area (Å²) in [6.45, 7) is 0. The molecule has 0 aliphatic heterocycles. The van der Waals surface area contributed by atoms with Crippen LogP contribution in [-0.4, -0.2) is 36.0 Å². The highest BCUT2D eigenvalue weighted by Gasteiger charge is 2.25. The van der Waals surface area contributed by atoms with E-state index >= 15 is 0 Å². The molecule has 0 radical (unpaired) electrons. The smallest absolute Gasteiger partial charge is 0.224 e. The Hall–Kier alpha value is -2.76. The molecule has 0 bridgehead atoms. The van der Waals surface area contributed by atoms with Gasteiger partial charge in [0, 0.05) is 65.8 Å². The number of aromatic nitrogens is 5. The normalized spacial score (nSPS) is 17.6. The molecule has 2 atom stereocenters. The van der Waals surface area contributed by atoms with Crippen LogP contribution in [0.5, 0.6) is 0 Å². The first-order chi connectivity index (χ1) is 17.4. The van der Waals surface area contributed by atoms with E-state index in [1.165, 1.54) is 15.2 Å². The summed E-state index contributed by atoms with van der Waals surface area (Å²) in [6, 6.07) is 6.60. The molecule has 0 unspecified atom stereocenters. The van der Waals surface area contributed by atoms with Crippen molar-refractivity contribution in [1.82, 2.24) is 23.9 Å². The van der Waals surface area contributed by atoms with Gasteiger partial charge in [-0.15, -0.1) is 0 Å². The van der Waals surface area contributed by atoms with E-state index in [0.29, 0.717) is 22.3 Å². The Labute approximate surface area is 226 Å². The summed E-state index contributed by atoms with van der Waals surface area (Å²) in [7, 11) is 1.27. The van der Waals surface area contributed by atoms with Crippen LogP contribution in [0.15, 0.2) is 36.8 Å². The molecule has 1 aliphatic carbocycles. The Morgan fingerprint density at radius 1 is 1.14 bits per heavy atom. The van der Waals surface area contributed by atoms with Crippen molar-refractivity contribution in [3.63, 3.8) is 0 Å². The molecule has 0 saturated heterocycles. The predicted molar refractivity (Wildman–Crippen MR) is 145 cm³/mol. The lowest BCUT2D eigenvalue weighted by Gasteiger charge is -2.31. The van der Waals surface area contributed by atoms with Crippen molar-refractivity contribution in [2.45, 2.75) is 37.8 Å². The summed E-state index contributed by atoms with van der Waals surface area (Å²) in [5.41, 5.74) is 1.01. The van der Waals surface area contributed by atoms with E-state index in [4.69, 9.17) is 11.6 Å². The number of anilines is 2. The van der Waals surface area contributed by atoms with Crippen LogP contribution in [-0.2, 0) is 0 Å².